The Kier molecular flexibility index (Phi) is 5.59. The van der Waals surface area contributed by atoms with Gasteiger partial charge in [-0.1, -0.05) is 12.1 Å². The fourth-order valence-electron chi connectivity index (χ4n) is 2.36. The summed E-state index contributed by atoms with van der Waals surface area (Å²) in [5.41, 5.74) is 0.869. The first-order chi connectivity index (χ1) is 12.1. The van der Waals surface area contributed by atoms with Crippen molar-refractivity contribution in [3.63, 3.8) is 0 Å². The van der Waals surface area contributed by atoms with Crippen LogP contribution in [-0.4, -0.2) is 16.6 Å². The van der Waals surface area contributed by atoms with Crippen LogP contribution in [0.1, 0.15) is 31.9 Å². The second-order valence-electron chi connectivity index (χ2n) is 6.92. The van der Waals surface area contributed by atoms with Gasteiger partial charge in [0.1, 0.15) is 11.4 Å². The number of nitrogens with zero attached hydrogens (tertiary/aromatic N) is 2. The van der Waals surface area contributed by atoms with E-state index in [2.05, 4.69) is 0 Å². The summed E-state index contributed by atoms with van der Waals surface area (Å²) < 4.78 is 18.6. The third kappa shape index (κ3) is 5.02. The molecule has 7 heteroatoms. The Hall–Kier alpha value is -2.96. The first kappa shape index (κ1) is 19.4. The lowest BCUT2D eigenvalue weighted by molar-refractivity contribution is -0.385. The van der Waals surface area contributed by atoms with Gasteiger partial charge in [0, 0.05) is 17.3 Å². The molecule has 0 N–H and O–H groups in total. The van der Waals surface area contributed by atoms with Gasteiger partial charge in [0.25, 0.3) is 5.69 Å². The number of hydrogen-bond donors (Lipinski definition) is 0. The average Bonchev–Trinajstić information content (AvgIpc) is 2.52. The van der Waals surface area contributed by atoms with Gasteiger partial charge >= 0.3 is 6.09 Å². The molecule has 0 bridgehead atoms. The second kappa shape index (κ2) is 7.51. The maximum Gasteiger partial charge on any atom is 0.415 e. The summed E-state index contributed by atoms with van der Waals surface area (Å²) in [5.74, 6) is -0.372. The van der Waals surface area contributed by atoms with Crippen LogP contribution in [0.5, 0.6) is 0 Å². The molecule has 138 valence electrons. The van der Waals surface area contributed by atoms with Crippen LogP contribution in [0.3, 0.4) is 0 Å². The second-order valence-corrected chi connectivity index (χ2v) is 6.92. The molecule has 1 amide bonds. The minimum absolute atomic E-state index is 0.0281. The maximum absolute atomic E-state index is 13.1. The van der Waals surface area contributed by atoms with E-state index < -0.39 is 16.6 Å². The number of ether oxygens (including phenoxy) is 1. The van der Waals surface area contributed by atoms with E-state index in [1.807, 2.05) is 0 Å². The molecule has 0 aliphatic rings. The Morgan fingerprint density at radius 3 is 2.31 bits per heavy atom. The standard InChI is InChI=1S/C19H21FN2O4/c1-13-11-16(9-10-17(13)22(24)25)21(18(23)26-19(2,3)4)12-14-5-7-15(20)8-6-14/h5-11H,12H2,1-4H3. The maximum atomic E-state index is 13.1. The number of carbonyl (C=O) groups excluding carboxylic acids is 1. The minimum atomic E-state index is -0.700. The van der Waals surface area contributed by atoms with Crippen LogP contribution in [0.25, 0.3) is 0 Å². The Morgan fingerprint density at radius 2 is 1.81 bits per heavy atom. The molecule has 2 aromatic carbocycles. The molecular weight excluding hydrogens is 339 g/mol. The van der Waals surface area contributed by atoms with Gasteiger partial charge in [-0.2, -0.15) is 0 Å². The molecule has 26 heavy (non-hydrogen) atoms. The molecule has 0 saturated carbocycles. The molecule has 0 spiro atoms. The Bertz CT molecular complexity index is 813. The average molecular weight is 360 g/mol. The highest BCUT2D eigenvalue weighted by Crippen LogP contribution is 2.27. The zero-order chi connectivity index (χ0) is 19.5. The molecule has 6 nitrogen and oxygen atoms in total. The number of anilines is 1. The molecule has 0 fully saturated rings. The van der Waals surface area contributed by atoms with Gasteiger partial charge in [-0.25, -0.2) is 9.18 Å². The number of rotatable bonds is 4. The van der Waals surface area contributed by atoms with Crippen molar-refractivity contribution in [2.24, 2.45) is 0 Å². The number of hydrogen-bond acceptors (Lipinski definition) is 4. The summed E-state index contributed by atoms with van der Waals surface area (Å²) in [7, 11) is 0. The topological polar surface area (TPSA) is 72.7 Å². The Labute approximate surface area is 151 Å². The van der Waals surface area contributed by atoms with E-state index in [9.17, 15) is 19.3 Å². The molecule has 2 rings (SSSR count). The molecule has 0 radical (unpaired) electrons. The van der Waals surface area contributed by atoms with Gasteiger partial charge in [-0.15, -0.1) is 0 Å². The van der Waals surface area contributed by atoms with Gasteiger partial charge in [0.05, 0.1) is 11.5 Å². The number of aryl methyl sites for hydroxylation is 1. The van der Waals surface area contributed by atoms with Crippen molar-refractivity contribution in [1.82, 2.24) is 0 Å². The zero-order valence-corrected chi connectivity index (χ0v) is 15.2. The van der Waals surface area contributed by atoms with E-state index in [1.54, 1.807) is 45.9 Å². The molecule has 0 aliphatic carbocycles. The van der Waals surface area contributed by atoms with E-state index in [0.29, 0.717) is 16.8 Å². The highest BCUT2D eigenvalue weighted by atomic mass is 19.1. The molecule has 0 unspecified atom stereocenters. The summed E-state index contributed by atoms with van der Waals surface area (Å²) in [5, 5.41) is 11.0. The van der Waals surface area contributed by atoms with Gasteiger partial charge in [-0.3, -0.25) is 15.0 Å². The van der Waals surface area contributed by atoms with Gasteiger partial charge < -0.3 is 4.74 Å². The number of nitro benzene ring substituents is 1. The van der Waals surface area contributed by atoms with Crippen molar-refractivity contribution in [1.29, 1.82) is 0 Å². The van der Waals surface area contributed by atoms with E-state index in [0.717, 1.165) is 0 Å². The molecule has 0 heterocycles. The van der Waals surface area contributed by atoms with Crippen molar-refractivity contribution >= 4 is 17.5 Å². The lowest BCUT2D eigenvalue weighted by Crippen LogP contribution is -2.36. The van der Waals surface area contributed by atoms with Crippen molar-refractivity contribution < 1.29 is 18.8 Å². The highest BCUT2D eigenvalue weighted by molar-refractivity contribution is 5.88. The fraction of sp³-hybridized carbons (Fsp3) is 0.316. The monoisotopic (exact) mass is 360 g/mol. The number of benzene rings is 2. The largest absolute Gasteiger partial charge is 0.443 e. The van der Waals surface area contributed by atoms with E-state index in [1.165, 1.54) is 29.2 Å². The lowest BCUT2D eigenvalue weighted by Gasteiger charge is -2.27. The van der Waals surface area contributed by atoms with E-state index >= 15 is 0 Å². The number of carbonyl (C=O) groups is 1. The number of amides is 1. The SMILES string of the molecule is Cc1cc(N(Cc2ccc(F)cc2)C(=O)OC(C)(C)C)ccc1[N+](=O)[O-]. The van der Waals surface area contributed by atoms with Crippen molar-refractivity contribution in [3.8, 4) is 0 Å². The summed E-state index contributed by atoms with van der Waals surface area (Å²) >= 11 is 0. The summed E-state index contributed by atoms with van der Waals surface area (Å²) in [6.45, 7) is 7.01. The van der Waals surface area contributed by atoms with E-state index in [-0.39, 0.29) is 18.0 Å². The third-order valence-electron chi connectivity index (χ3n) is 3.56. The zero-order valence-electron chi connectivity index (χ0n) is 15.2. The molecular formula is C19H21FN2O4. The van der Waals surface area contributed by atoms with Crippen LogP contribution in [-0.2, 0) is 11.3 Å². The number of halogens is 1. The Balaban J connectivity index is 2.39. The predicted octanol–water partition coefficient (Wildman–Crippen LogP) is 4.98. The van der Waals surface area contributed by atoms with Crippen LogP contribution in [0, 0.1) is 22.9 Å². The smallest absolute Gasteiger partial charge is 0.415 e. The number of nitro groups is 1. The quantitative estimate of drug-likeness (QED) is 0.569. The van der Waals surface area contributed by atoms with Crippen molar-refractivity contribution in [2.45, 2.75) is 39.8 Å². The Morgan fingerprint density at radius 1 is 1.19 bits per heavy atom. The molecule has 0 aliphatic heterocycles. The van der Waals surface area contributed by atoms with Crippen LogP contribution in [0.2, 0.25) is 0 Å². The van der Waals surface area contributed by atoms with Crippen LogP contribution >= 0.6 is 0 Å². The van der Waals surface area contributed by atoms with E-state index in [4.69, 9.17) is 4.74 Å². The van der Waals surface area contributed by atoms with Crippen molar-refractivity contribution in [3.05, 3.63) is 69.5 Å². The summed E-state index contributed by atoms with van der Waals surface area (Å²) in [6.07, 6.45) is -0.588. The first-order valence-electron chi connectivity index (χ1n) is 8.07. The van der Waals surface area contributed by atoms with Crippen LogP contribution in [0.4, 0.5) is 20.6 Å². The molecule has 0 saturated heterocycles. The predicted molar refractivity (Wildman–Crippen MR) is 96.7 cm³/mol. The van der Waals surface area contributed by atoms with Crippen molar-refractivity contribution in [2.75, 3.05) is 4.90 Å². The summed E-state index contributed by atoms with van der Waals surface area (Å²) in [6, 6.07) is 10.2. The minimum Gasteiger partial charge on any atom is -0.443 e. The van der Waals surface area contributed by atoms with Gasteiger partial charge in [-0.05, 0) is 57.5 Å². The molecule has 2 aromatic rings. The van der Waals surface area contributed by atoms with Gasteiger partial charge in [0.2, 0.25) is 0 Å². The lowest BCUT2D eigenvalue weighted by atomic mass is 10.1. The van der Waals surface area contributed by atoms with Gasteiger partial charge in [0.15, 0.2) is 0 Å². The third-order valence-corrected chi connectivity index (χ3v) is 3.56. The molecule has 0 atom stereocenters. The summed E-state index contributed by atoms with van der Waals surface area (Å²) in [4.78, 5) is 24.6. The first-order valence-corrected chi connectivity index (χ1v) is 8.07. The molecule has 0 aromatic heterocycles. The van der Waals surface area contributed by atoms with Crippen LogP contribution in [0.15, 0.2) is 42.5 Å². The van der Waals surface area contributed by atoms with Crippen LogP contribution < -0.4 is 4.90 Å². The normalized spacial score (nSPS) is 11.1. The fourth-order valence-corrected chi connectivity index (χ4v) is 2.36. The highest BCUT2D eigenvalue weighted by Gasteiger charge is 2.25.